The molecule has 0 bridgehead atoms. The van der Waals surface area contributed by atoms with Gasteiger partial charge in [0.15, 0.2) is 5.82 Å². The first-order valence-corrected chi connectivity index (χ1v) is 8.33. The van der Waals surface area contributed by atoms with Crippen LogP contribution in [0.5, 0.6) is 0 Å². The minimum Gasteiger partial charge on any atom is -0.343 e. The lowest BCUT2D eigenvalue weighted by atomic mass is 9.95. The first-order valence-electron chi connectivity index (χ1n) is 8.33. The number of carbonyl (C=O) groups is 2. The van der Waals surface area contributed by atoms with Crippen LogP contribution in [-0.4, -0.2) is 57.9 Å². The van der Waals surface area contributed by atoms with Crippen LogP contribution >= 0.6 is 0 Å². The van der Waals surface area contributed by atoms with E-state index >= 15 is 0 Å². The molecule has 2 amide bonds. The highest BCUT2D eigenvalue weighted by Crippen LogP contribution is 2.30. The van der Waals surface area contributed by atoms with Crippen molar-refractivity contribution < 1.29 is 14.1 Å². The van der Waals surface area contributed by atoms with E-state index in [0.29, 0.717) is 19.0 Å². The summed E-state index contributed by atoms with van der Waals surface area (Å²) in [5, 5.41) is 4.12. The van der Waals surface area contributed by atoms with Crippen LogP contribution in [0, 0.1) is 5.92 Å². The summed E-state index contributed by atoms with van der Waals surface area (Å²) in [6, 6.07) is 0. The highest BCUT2D eigenvalue weighted by Gasteiger charge is 2.37. The first kappa shape index (κ1) is 16.0. The second kappa shape index (κ2) is 6.29. The monoisotopic (exact) mass is 320 g/mol. The number of likely N-dealkylation sites (tertiary alicyclic amines) is 2. The van der Waals surface area contributed by atoms with Crippen LogP contribution in [0.4, 0.5) is 0 Å². The minimum absolute atomic E-state index is 0.0284. The van der Waals surface area contributed by atoms with Gasteiger partial charge < -0.3 is 14.3 Å². The quantitative estimate of drug-likeness (QED) is 0.840. The summed E-state index contributed by atoms with van der Waals surface area (Å²) in [5.74, 6) is 2.14. The van der Waals surface area contributed by atoms with Crippen molar-refractivity contribution in [1.29, 1.82) is 0 Å². The van der Waals surface area contributed by atoms with Gasteiger partial charge in [-0.25, -0.2) is 0 Å². The van der Waals surface area contributed by atoms with Gasteiger partial charge >= 0.3 is 0 Å². The van der Waals surface area contributed by atoms with Gasteiger partial charge in [-0.3, -0.25) is 9.59 Å². The van der Waals surface area contributed by atoms with Gasteiger partial charge in [-0.1, -0.05) is 19.0 Å². The maximum absolute atomic E-state index is 11.9. The SMILES string of the molecule is CC(=O)N1CCC(c2noc(C3CN(C(=O)C(C)C)C3)n2)CC1. The van der Waals surface area contributed by atoms with Crippen molar-refractivity contribution >= 4 is 11.8 Å². The third kappa shape index (κ3) is 3.23. The molecule has 23 heavy (non-hydrogen) atoms. The van der Waals surface area contributed by atoms with E-state index in [1.54, 1.807) is 6.92 Å². The molecular weight excluding hydrogens is 296 g/mol. The standard InChI is InChI=1S/C16H24N4O3/c1-10(2)16(22)20-8-13(9-20)15-17-14(18-23-15)12-4-6-19(7-5-12)11(3)21/h10,12-13H,4-9H2,1-3H3. The third-order valence-corrected chi connectivity index (χ3v) is 4.80. The van der Waals surface area contributed by atoms with E-state index in [1.807, 2.05) is 23.6 Å². The number of hydrogen-bond donors (Lipinski definition) is 0. The first-order chi connectivity index (χ1) is 11.0. The molecule has 0 spiro atoms. The lowest BCUT2D eigenvalue weighted by Crippen LogP contribution is -2.50. The fraction of sp³-hybridized carbons (Fsp3) is 0.750. The Morgan fingerprint density at radius 2 is 1.78 bits per heavy atom. The van der Waals surface area contributed by atoms with Gasteiger partial charge in [0.25, 0.3) is 0 Å². The highest BCUT2D eigenvalue weighted by molar-refractivity contribution is 5.79. The van der Waals surface area contributed by atoms with E-state index in [0.717, 1.165) is 31.8 Å². The van der Waals surface area contributed by atoms with Crippen molar-refractivity contribution in [2.45, 2.75) is 45.4 Å². The molecule has 2 saturated heterocycles. The van der Waals surface area contributed by atoms with Gasteiger partial charge in [-0.15, -0.1) is 0 Å². The number of piperidine rings is 1. The summed E-state index contributed by atoms with van der Waals surface area (Å²) in [4.78, 5) is 31.5. The average molecular weight is 320 g/mol. The molecule has 2 aliphatic rings. The molecule has 0 aliphatic carbocycles. The predicted molar refractivity (Wildman–Crippen MR) is 82.7 cm³/mol. The van der Waals surface area contributed by atoms with Gasteiger partial charge in [0, 0.05) is 44.9 Å². The Labute approximate surface area is 136 Å². The molecule has 2 aliphatic heterocycles. The van der Waals surface area contributed by atoms with Gasteiger partial charge in [0.05, 0.1) is 5.92 Å². The Morgan fingerprint density at radius 1 is 1.13 bits per heavy atom. The Kier molecular flexibility index (Phi) is 4.37. The van der Waals surface area contributed by atoms with Crippen LogP contribution in [0.2, 0.25) is 0 Å². The number of hydrogen-bond acceptors (Lipinski definition) is 5. The van der Waals surface area contributed by atoms with Crippen LogP contribution in [0.25, 0.3) is 0 Å². The van der Waals surface area contributed by atoms with E-state index in [4.69, 9.17) is 4.52 Å². The largest absolute Gasteiger partial charge is 0.343 e. The van der Waals surface area contributed by atoms with Crippen LogP contribution in [0.1, 0.15) is 57.2 Å². The van der Waals surface area contributed by atoms with Crippen molar-refractivity contribution in [2.75, 3.05) is 26.2 Å². The number of carbonyl (C=O) groups excluding carboxylic acids is 2. The minimum atomic E-state index is 0.0284. The normalized spacial score (nSPS) is 20.0. The Hall–Kier alpha value is -1.92. The molecule has 126 valence electrons. The molecule has 3 heterocycles. The third-order valence-electron chi connectivity index (χ3n) is 4.80. The van der Waals surface area contributed by atoms with E-state index < -0.39 is 0 Å². The Balaban J connectivity index is 1.54. The topological polar surface area (TPSA) is 79.5 Å². The number of amides is 2. The van der Waals surface area contributed by atoms with E-state index in [-0.39, 0.29) is 29.6 Å². The summed E-state index contributed by atoms with van der Waals surface area (Å²) in [6.45, 7) is 8.27. The molecule has 1 aromatic rings. The molecule has 3 rings (SSSR count). The van der Waals surface area contributed by atoms with Gasteiger partial charge in [0.2, 0.25) is 17.7 Å². The molecule has 0 atom stereocenters. The van der Waals surface area contributed by atoms with Crippen LogP contribution < -0.4 is 0 Å². The second-order valence-electron chi connectivity index (χ2n) is 6.87. The van der Waals surface area contributed by atoms with E-state index in [2.05, 4.69) is 10.1 Å². The van der Waals surface area contributed by atoms with Crippen LogP contribution in [0.15, 0.2) is 4.52 Å². The van der Waals surface area contributed by atoms with Crippen LogP contribution in [0.3, 0.4) is 0 Å². The average Bonchev–Trinajstić information content (AvgIpc) is 2.95. The van der Waals surface area contributed by atoms with Gasteiger partial charge in [-0.05, 0) is 12.8 Å². The lowest BCUT2D eigenvalue weighted by molar-refractivity contribution is -0.139. The molecule has 7 nitrogen and oxygen atoms in total. The number of nitrogens with zero attached hydrogens (tertiary/aromatic N) is 4. The summed E-state index contributed by atoms with van der Waals surface area (Å²) in [6.07, 6.45) is 1.75. The number of aromatic nitrogens is 2. The summed E-state index contributed by atoms with van der Waals surface area (Å²) >= 11 is 0. The summed E-state index contributed by atoms with van der Waals surface area (Å²) in [5.41, 5.74) is 0. The predicted octanol–water partition coefficient (Wildman–Crippen LogP) is 1.38. The molecule has 1 aromatic heterocycles. The Morgan fingerprint density at radius 3 is 2.35 bits per heavy atom. The Bertz CT molecular complexity index is 584. The maximum atomic E-state index is 11.9. The zero-order chi connectivity index (χ0) is 16.6. The van der Waals surface area contributed by atoms with Gasteiger partial charge in [0.1, 0.15) is 0 Å². The van der Waals surface area contributed by atoms with Crippen molar-refractivity contribution in [2.24, 2.45) is 5.92 Å². The second-order valence-corrected chi connectivity index (χ2v) is 6.87. The number of rotatable bonds is 3. The van der Waals surface area contributed by atoms with Crippen LogP contribution in [-0.2, 0) is 9.59 Å². The zero-order valence-corrected chi connectivity index (χ0v) is 14.0. The zero-order valence-electron chi connectivity index (χ0n) is 14.0. The maximum Gasteiger partial charge on any atom is 0.233 e. The van der Waals surface area contributed by atoms with E-state index in [1.165, 1.54) is 0 Å². The summed E-state index contributed by atoms with van der Waals surface area (Å²) < 4.78 is 5.41. The fourth-order valence-corrected chi connectivity index (χ4v) is 3.21. The molecular formula is C16H24N4O3. The molecule has 0 aromatic carbocycles. The fourth-order valence-electron chi connectivity index (χ4n) is 3.21. The molecule has 7 heteroatoms. The summed E-state index contributed by atoms with van der Waals surface area (Å²) in [7, 11) is 0. The smallest absolute Gasteiger partial charge is 0.233 e. The molecule has 0 N–H and O–H groups in total. The molecule has 0 unspecified atom stereocenters. The van der Waals surface area contributed by atoms with Crippen molar-refractivity contribution in [3.8, 4) is 0 Å². The van der Waals surface area contributed by atoms with Crippen molar-refractivity contribution in [1.82, 2.24) is 19.9 Å². The lowest BCUT2D eigenvalue weighted by Gasteiger charge is -2.38. The molecule has 0 saturated carbocycles. The van der Waals surface area contributed by atoms with E-state index in [9.17, 15) is 9.59 Å². The van der Waals surface area contributed by atoms with Gasteiger partial charge in [-0.2, -0.15) is 4.98 Å². The molecule has 0 radical (unpaired) electrons. The highest BCUT2D eigenvalue weighted by atomic mass is 16.5. The van der Waals surface area contributed by atoms with Crippen molar-refractivity contribution in [3.63, 3.8) is 0 Å². The molecule has 2 fully saturated rings. The van der Waals surface area contributed by atoms with Crippen molar-refractivity contribution in [3.05, 3.63) is 11.7 Å².